The van der Waals surface area contributed by atoms with Crippen molar-refractivity contribution < 1.29 is 5.11 Å². The minimum absolute atomic E-state index is 0.0352. The van der Waals surface area contributed by atoms with Gasteiger partial charge in [-0.1, -0.05) is 0 Å². The molecule has 4 nitrogen and oxygen atoms in total. The summed E-state index contributed by atoms with van der Waals surface area (Å²) in [7, 11) is 1.91. The van der Waals surface area contributed by atoms with E-state index in [1.165, 1.54) is 0 Å². The van der Waals surface area contributed by atoms with Crippen molar-refractivity contribution in [3.63, 3.8) is 0 Å². The summed E-state index contributed by atoms with van der Waals surface area (Å²) in [4.78, 5) is 8.20. The Kier molecular flexibility index (Phi) is 1.55. The number of aliphatic hydroxyl groups is 1. The Bertz CT molecular complexity index is 408. The van der Waals surface area contributed by atoms with Crippen molar-refractivity contribution in [3.8, 4) is 0 Å². The Labute approximate surface area is 69.5 Å². The summed E-state index contributed by atoms with van der Waals surface area (Å²) >= 11 is 0. The van der Waals surface area contributed by atoms with Crippen molar-refractivity contribution in [1.29, 1.82) is 0 Å². The summed E-state index contributed by atoms with van der Waals surface area (Å²) in [5.74, 6) is 0. The normalized spacial score (nSPS) is 10.8. The number of aliphatic hydroxyl groups excluding tert-OH is 1. The van der Waals surface area contributed by atoms with Crippen LogP contribution in [0.15, 0.2) is 18.5 Å². The number of hydrogen-bond donors (Lipinski definition) is 1. The molecule has 2 heterocycles. The van der Waals surface area contributed by atoms with Crippen molar-refractivity contribution in [3.05, 3.63) is 24.2 Å². The number of pyridine rings is 1. The molecule has 0 aliphatic rings. The van der Waals surface area contributed by atoms with Crippen LogP contribution < -0.4 is 0 Å². The molecule has 1 N–H and O–H groups in total. The van der Waals surface area contributed by atoms with Crippen LogP contribution in [0.25, 0.3) is 11.2 Å². The number of fused-ring (bicyclic) bond motifs is 1. The molecule has 0 bridgehead atoms. The summed E-state index contributed by atoms with van der Waals surface area (Å²) in [6, 6.07) is 3.70. The molecule has 4 heteroatoms. The minimum atomic E-state index is -0.0352. The highest BCUT2D eigenvalue weighted by Crippen LogP contribution is 2.09. The maximum atomic E-state index is 8.81. The predicted molar refractivity (Wildman–Crippen MR) is 44.4 cm³/mol. The van der Waals surface area contributed by atoms with E-state index < -0.39 is 0 Å². The predicted octanol–water partition coefficient (Wildman–Crippen LogP) is 0.461. The first-order chi connectivity index (χ1) is 5.81. The number of imidazole rings is 1. The zero-order valence-electron chi connectivity index (χ0n) is 6.73. The van der Waals surface area contributed by atoms with Crippen LogP contribution in [0, 0.1) is 0 Å². The van der Waals surface area contributed by atoms with E-state index in [-0.39, 0.29) is 6.61 Å². The molecule has 0 radical (unpaired) electrons. The first kappa shape index (κ1) is 7.24. The first-order valence-corrected chi connectivity index (χ1v) is 3.69. The molecule has 2 aromatic rings. The number of aromatic nitrogens is 3. The van der Waals surface area contributed by atoms with Crippen molar-refractivity contribution in [1.82, 2.24) is 14.5 Å². The lowest BCUT2D eigenvalue weighted by Crippen LogP contribution is -1.90. The smallest absolute Gasteiger partial charge is 0.177 e. The topological polar surface area (TPSA) is 50.9 Å². The largest absolute Gasteiger partial charge is 0.390 e. The molecule has 2 rings (SSSR count). The Morgan fingerprint density at radius 1 is 1.50 bits per heavy atom. The summed E-state index contributed by atoms with van der Waals surface area (Å²) in [6.45, 7) is -0.0352. The van der Waals surface area contributed by atoms with Gasteiger partial charge in [-0.2, -0.15) is 0 Å². The van der Waals surface area contributed by atoms with Crippen molar-refractivity contribution in [2.45, 2.75) is 6.61 Å². The van der Waals surface area contributed by atoms with Crippen LogP contribution in [0.3, 0.4) is 0 Å². The van der Waals surface area contributed by atoms with Crippen LogP contribution in [-0.2, 0) is 13.7 Å². The fourth-order valence-corrected chi connectivity index (χ4v) is 1.14. The summed E-state index contributed by atoms with van der Waals surface area (Å²) in [6.07, 6.45) is 1.71. The van der Waals surface area contributed by atoms with Gasteiger partial charge in [0.25, 0.3) is 0 Å². The highest BCUT2D eigenvalue weighted by molar-refractivity contribution is 5.70. The van der Waals surface area contributed by atoms with Gasteiger partial charge in [0.15, 0.2) is 5.65 Å². The maximum Gasteiger partial charge on any atom is 0.177 e. The number of nitrogens with zero attached hydrogens (tertiary/aromatic N) is 3. The maximum absolute atomic E-state index is 8.81. The summed E-state index contributed by atoms with van der Waals surface area (Å²) in [5, 5.41) is 8.81. The second-order valence-electron chi connectivity index (χ2n) is 2.66. The molecule has 0 aromatic carbocycles. The molecule has 0 spiro atoms. The molecular formula is C8H9N3O. The van der Waals surface area contributed by atoms with Crippen LogP contribution in [0.2, 0.25) is 0 Å². The standard InChI is InChI=1S/C8H9N3O/c1-11-5-9-8-7(11)3-2-6(4-12)10-8/h2-3,5,12H,4H2,1H3. The second kappa shape index (κ2) is 2.57. The highest BCUT2D eigenvalue weighted by atomic mass is 16.3. The average Bonchev–Trinajstić information content (AvgIpc) is 2.47. The molecule has 0 aliphatic heterocycles. The van der Waals surface area contributed by atoms with Gasteiger partial charge in [0.2, 0.25) is 0 Å². The third-order valence-corrected chi connectivity index (χ3v) is 1.81. The van der Waals surface area contributed by atoms with E-state index in [1.54, 1.807) is 12.4 Å². The van der Waals surface area contributed by atoms with Gasteiger partial charge in [-0.3, -0.25) is 0 Å². The number of hydrogen-bond acceptors (Lipinski definition) is 3. The monoisotopic (exact) mass is 163 g/mol. The zero-order valence-corrected chi connectivity index (χ0v) is 6.73. The molecule has 0 saturated heterocycles. The third-order valence-electron chi connectivity index (χ3n) is 1.81. The molecule has 0 amide bonds. The van der Waals surface area contributed by atoms with Gasteiger partial charge in [0.05, 0.1) is 24.1 Å². The molecule has 0 saturated carbocycles. The van der Waals surface area contributed by atoms with E-state index in [9.17, 15) is 0 Å². The highest BCUT2D eigenvalue weighted by Gasteiger charge is 2.00. The molecule has 0 fully saturated rings. The molecule has 62 valence electrons. The lowest BCUT2D eigenvalue weighted by molar-refractivity contribution is 0.277. The fraction of sp³-hybridized carbons (Fsp3) is 0.250. The Hall–Kier alpha value is -1.42. The average molecular weight is 163 g/mol. The first-order valence-electron chi connectivity index (χ1n) is 3.69. The van der Waals surface area contributed by atoms with Gasteiger partial charge in [0.1, 0.15) is 0 Å². The van der Waals surface area contributed by atoms with E-state index >= 15 is 0 Å². The van der Waals surface area contributed by atoms with E-state index in [2.05, 4.69) is 9.97 Å². The van der Waals surface area contributed by atoms with Crippen LogP contribution in [-0.4, -0.2) is 19.6 Å². The van der Waals surface area contributed by atoms with Crippen LogP contribution in [0.4, 0.5) is 0 Å². The van der Waals surface area contributed by atoms with E-state index in [1.807, 2.05) is 17.7 Å². The Morgan fingerprint density at radius 3 is 3.08 bits per heavy atom. The number of aryl methyl sites for hydroxylation is 1. The summed E-state index contributed by atoms with van der Waals surface area (Å²) < 4.78 is 1.89. The molecule has 12 heavy (non-hydrogen) atoms. The lowest BCUT2D eigenvalue weighted by Gasteiger charge is -1.95. The molecule has 0 aliphatic carbocycles. The molecular weight excluding hydrogens is 154 g/mol. The van der Waals surface area contributed by atoms with E-state index in [0.29, 0.717) is 11.3 Å². The molecule has 2 aromatic heterocycles. The molecule has 0 unspecified atom stereocenters. The van der Waals surface area contributed by atoms with Crippen molar-refractivity contribution >= 4 is 11.2 Å². The zero-order chi connectivity index (χ0) is 8.55. The van der Waals surface area contributed by atoms with Gasteiger partial charge in [-0.05, 0) is 12.1 Å². The Balaban J connectivity index is 2.69. The summed E-state index contributed by atoms with van der Waals surface area (Å²) in [5.41, 5.74) is 2.32. The van der Waals surface area contributed by atoms with Gasteiger partial charge in [0, 0.05) is 7.05 Å². The molecule has 0 atom stereocenters. The number of rotatable bonds is 1. The van der Waals surface area contributed by atoms with E-state index in [0.717, 1.165) is 5.52 Å². The minimum Gasteiger partial charge on any atom is -0.390 e. The van der Waals surface area contributed by atoms with Crippen LogP contribution >= 0.6 is 0 Å². The quantitative estimate of drug-likeness (QED) is 0.664. The van der Waals surface area contributed by atoms with Crippen LogP contribution in [0.5, 0.6) is 0 Å². The fourth-order valence-electron chi connectivity index (χ4n) is 1.14. The van der Waals surface area contributed by atoms with Gasteiger partial charge >= 0.3 is 0 Å². The van der Waals surface area contributed by atoms with Crippen molar-refractivity contribution in [2.75, 3.05) is 0 Å². The van der Waals surface area contributed by atoms with Gasteiger partial charge in [-0.25, -0.2) is 9.97 Å². The Morgan fingerprint density at radius 2 is 2.33 bits per heavy atom. The third kappa shape index (κ3) is 0.967. The second-order valence-corrected chi connectivity index (χ2v) is 2.66. The van der Waals surface area contributed by atoms with E-state index in [4.69, 9.17) is 5.11 Å². The lowest BCUT2D eigenvalue weighted by atomic mass is 10.3. The van der Waals surface area contributed by atoms with Crippen molar-refractivity contribution in [2.24, 2.45) is 7.05 Å². The SMILES string of the molecule is Cn1cnc2nc(CO)ccc21. The van der Waals surface area contributed by atoms with Gasteiger partial charge < -0.3 is 9.67 Å². The van der Waals surface area contributed by atoms with Gasteiger partial charge in [-0.15, -0.1) is 0 Å². The van der Waals surface area contributed by atoms with Crippen LogP contribution in [0.1, 0.15) is 5.69 Å².